The minimum Gasteiger partial charge on any atom is -0.493 e. The van der Waals surface area contributed by atoms with Crippen LogP contribution in [-0.2, 0) is 10.7 Å². The Hall–Kier alpha value is -2.14. The van der Waals surface area contributed by atoms with Crippen molar-refractivity contribution < 1.29 is 23.5 Å². The van der Waals surface area contributed by atoms with Gasteiger partial charge in [0.15, 0.2) is 14.2 Å². The topological polar surface area (TPSA) is 79.8 Å². The van der Waals surface area contributed by atoms with Crippen LogP contribution in [0.4, 0.5) is 0 Å². The quantitative estimate of drug-likeness (QED) is 0.479. The first-order valence-electron chi connectivity index (χ1n) is 9.37. The zero-order chi connectivity index (χ0) is 19.6. The van der Waals surface area contributed by atoms with E-state index in [-0.39, 0.29) is 14.6 Å². The molecule has 8 heteroatoms. The second-order valence-electron chi connectivity index (χ2n) is 5.73. The van der Waals surface area contributed by atoms with E-state index in [4.69, 9.17) is 18.9 Å². The Morgan fingerprint density at radius 3 is 2.07 bits per heavy atom. The highest BCUT2D eigenvalue weighted by atomic mass is 31.1. The Morgan fingerprint density at radius 2 is 1.52 bits per heavy atom. The van der Waals surface area contributed by atoms with Crippen molar-refractivity contribution in [1.82, 2.24) is 9.97 Å². The molecule has 2 aromatic rings. The fourth-order valence-corrected chi connectivity index (χ4v) is 2.96. The molecule has 0 bridgehead atoms. The highest BCUT2D eigenvalue weighted by Gasteiger charge is 2.21. The number of hydrogen-bond acceptors (Lipinski definition) is 7. The molecule has 1 aromatic carbocycles. The lowest BCUT2D eigenvalue weighted by molar-refractivity contribution is 0.252. The van der Waals surface area contributed by atoms with Crippen molar-refractivity contribution >= 4 is 19.5 Å². The Labute approximate surface area is 161 Å². The number of rotatable bonds is 12. The third-order valence-corrected chi connectivity index (χ3v) is 4.06. The van der Waals surface area contributed by atoms with E-state index in [1.165, 1.54) is 0 Å². The lowest BCUT2D eigenvalue weighted by Gasteiger charge is -2.17. The van der Waals surface area contributed by atoms with Crippen LogP contribution in [0.2, 0.25) is 0 Å². The van der Waals surface area contributed by atoms with Crippen LogP contribution in [0.1, 0.15) is 46.1 Å². The first-order valence-corrected chi connectivity index (χ1v) is 10.4. The molecule has 0 amide bonds. The van der Waals surface area contributed by atoms with Crippen molar-refractivity contribution in [3.05, 3.63) is 11.6 Å². The van der Waals surface area contributed by atoms with Crippen molar-refractivity contribution in [2.24, 2.45) is 0 Å². The van der Waals surface area contributed by atoms with Gasteiger partial charge in [-0.05, 0) is 26.7 Å². The molecule has 0 radical (unpaired) electrons. The molecular formula is C19H27N2O5P. The molecule has 27 heavy (non-hydrogen) atoms. The van der Waals surface area contributed by atoms with Gasteiger partial charge in [0.2, 0.25) is 0 Å². The van der Waals surface area contributed by atoms with E-state index < -0.39 is 0 Å². The van der Waals surface area contributed by atoms with Gasteiger partial charge < -0.3 is 18.9 Å². The minimum absolute atomic E-state index is 0.0247. The van der Waals surface area contributed by atoms with Crippen molar-refractivity contribution in [3.63, 3.8) is 0 Å². The average molecular weight is 394 g/mol. The van der Waals surface area contributed by atoms with E-state index in [1.807, 2.05) is 27.7 Å². The van der Waals surface area contributed by atoms with E-state index in [0.29, 0.717) is 66.3 Å². The molecule has 0 aliphatic carbocycles. The fourth-order valence-electron chi connectivity index (χ4n) is 2.53. The van der Waals surface area contributed by atoms with Gasteiger partial charge in [-0.2, -0.15) is 0 Å². The summed E-state index contributed by atoms with van der Waals surface area (Å²) < 4.78 is 34.4. The molecule has 0 N–H and O–H groups in total. The summed E-state index contributed by atoms with van der Waals surface area (Å²) in [4.78, 5) is 9.24. The van der Waals surface area contributed by atoms with Gasteiger partial charge in [0.05, 0.1) is 38.2 Å². The van der Waals surface area contributed by atoms with Crippen LogP contribution in [0.15, 0.2) is 6.07 Å². The highest BCUT2D eigenvalue weighted by molar-refractivity contribution is 7.22. The van der Waals surface area contributed by atoms with Crippen LogP contribution in [0.3, 0.4) is 0 Å². The second kappa shape index (κ2) is 10.9. The molecule has 0 aliphatic heterocycles. The average Bonchev–Trinajstić information content (AvgIpc) is 2.67. The molecule has 0 saturated heterocycles. The molecule has 0 unspecified atom stereocenters. The maximum absolute atomic E-state index is 11.3. The van der Waals surface area contributed by atoms with E-state index in [9.17, 15) is 4.57 Å². The molecule has 0 saturated carbocycles. The monoisotopic (exact) mass is 394 g/mol. The van der Waals surface area contributed by atoms with E-state index in [1.54, 1.807) is 6.07 Å². The summed E-state index contributed by atoms with van der Waals surface area (Å²) >= 11 is 0. The molecule has 0 spiro atoms. The SMILES string of the molecule is CCCOc1nc2cc(OCC)c(CP=O)c(OCC)c2nc1OCCC. The number of nitrogens with zero attached hydrogens (tertiary/aromatic N) is 2. The number of fused-ring (bicyclic) bond motifs is 1. The smallest absolute Gasteiger partial charge is 0.278 e. The van der Waals surface area contributed by atoms with Crippen molar-refractivity contribution in [1.29, 1.82) is 0 Å². The maximum Gasteiger partial charge on any atom is 0.278 e. The molecule has 7 nitrogen and oxygen atoms in total. The first kappa shape index (κ1) is 21.2. The van der Waals surface area contributed by atoms with Gasteiger partial charge in [0.25, 0.3) is 11.8 Å². The normalized spacial score (nSPS) is 11.0. The standard InChI is InChI=1S/C19H27N2O5P/c1-5-9-25-18-19(26-10-6-2)21-16-14(20-18)11-15(23-7-3)13(12-27-22)17(16)24-8-4/h11H,5-10,12H2,1-4H3. The van der Waals surface area contributed by atoms with E-state index in [2.05, 4.69) is 9.97 Å². The summed E-state index contributed by atoms with van der Waals surface area (Å²) in [5, 5.41) is 0. The van der Waals surface area contributed by atoms with E-state index >= 15 is 0 Å². The van der Waals surface area contributed by atoms with Crippen molar-refractivity contribution in [2.75, 3.05) is 26.4 Å². The zero-order valence-electron chi connectivity index (χ0n) is 16.4. The minimum atomic E-state index is -0.0247. The third-order valence-electron chi connectivity index (χ3n) is 3.61. The maximum atomic E-state index is 11.3. The first-order chi connectivity index (χ1) is 13.2. The van der Waals surface area contributed by atoms with E-state index in [0.717, 1.165) is 12.8 Å². The number of hydrogen-bond donors (Lipinski definition) is 0. The van der Waals surface area contributed by atoms with Crippen molar-refractivity contribution in [2.45, 2.75) is 46.7 Å². The molecule has 0 aliphatic rings. The van der Waals surface area contributed by atoms with Gasteiger partial charge in [-0.1, -0.05) is 13.8 Å². The Morgan fingerprint density at radius 1 is 0.889 bits per heavy atom. The van der Waals surface area contributed by atoms with Crippen molar-refractivity contribution in [3.8, 4) is 23.3 Å². The zero-order valence-corrected chi connectivity index (χ0v) is 17.3. The molecule has 1 aromatic heterocycles. The molecule has 0 atom stereocenters. The summed E-state index contributed by atoms with van der Waals surface area (Å²) in [6.45, 7) is 9.77. The van der Waals surface area contributed by atoms with Crippen LogP contribution in [0.25, 0.3) is 11.0 Å². The van der Waals surface area contributed by atoms with Gasteiger partial charge in [-0.25, -0.2) is 9.97 Å². The van der Waals surface area contributed by atoms with Gasteiger partial charge >= 0.3 is 0 Å². The predicted molar refractivity (Wildman–Crippen MR) is 105 cm³/mol. The number of benzene rings is 1. The van der Waals surface area contributed by atoms with Crippen LogP contribution >= 0.6 is 8.46 Å². The molecule has 0 fully saturated rings. The Balaban J connectivity index is 2.70. The lowest BCUT2D eigenvalue weighted by atomic mass is 10.1. The lowest BCUT2D eigenvalue weighted by Crippen LogP contribution is -2.07. The Bertz CT molecular complexity index is 770. The largest absolute Gasteiger partial charge is 0.493 e. The van der Waals surface area contributed by atoms with Gasteiger partial charge in [0, 0.05) is 6.07 Å². The molecular weight excluding hydrogens is 367 g/mol. The second-order valence-corrected chi connectivity index (χ2v) is 6.31. The summed E-state index contributed by atoms with van der Waals surface area (Å²) in [6, 6.07) is 1.79. The summed E-state index contributed by atoms with van der Waals surface area (Å²) in [5.41, 5.74) is 1.85. The number of ether oxygens (including phenoxy) is 4. The summed E-state index contributed by atoms with van der Waals surface area (Å²) in [5.74, 6) is 1.82. The molecule has 2 rings (SSSR count). The molecule has 1 heterocycles. The van der Waals surface area contributed by atoms with Gasteiger partial charge in [0.1, 0.15) is 16.8 Å². The number of aromatic nitrogens is 2. The molecule has 148 valence electrons. The third kappa shape index (κ3) is 5.19. The summed E-state index contributed by atoms with van der Waals surface area (Å²) in [6.07, 6.45) is 1.96. The Kier molecular flexibility index (Phi) is 8.52. The summed E-state index contributed by atoms with van der Waals surface area (Å²) in [7, 11) is -0.0247. The van der Waals surface area contributed by atoms with Crippen LogP contribution in [0, 0.1) is 0 Å². The predicted octanol–water partition coefficient (Wildman–Crippen LogP) is 4.80. The van der Waals surface area contributed by atoms with Crippen LogP contribution in [0.5, 0.6) is 23.3 Å². The highest BCUT2D eigenvalue weighted by Crippen LogP contribution is 2.40. The fraction of sp³-hybridized carbons (Fsp3) is 0.579. The van der Waals surface area contributed by atoms with Gasteiger partial charge in [-0.3, -0.25) is 4.57 Å². The van der Waals surface area contributed by atoms with Gasteiger partial charge in [-0.15, -0.1) is 0 Å². The van der Waals surface area contributed by atoms with Crippen LogP contribution in [-0.4, -0.2) is 36.4 Å². The van der Waals surface area contributed by atoms with Crippen LogP contribution < -0.4 is 18.9 Å².